The van der Waals surface area contributed by atoms with Crippen LogP contribution in [0.25, 0.3) is 33.2 Å². The number of anilines is 1. The fourth-order valence-electron chi connectivity index (χ4n) is 5.80. The van der Waals surface area contributed by atoms with Crippen LogP contribution in [0.4, 0.5) is 14.5 Å². The first-order chi connectivity index (χ1) is 22.1. The lowest BCUT2D eigenvalue weighted by molar-refractivity contribution is 0.104. The molecule has 1 N–H and O–H groups in total. The highest BCUT2D eigenvalue weighted by molar-refractivity contribution is 7.92. The number of nitrogens with zero attached hydrogens (tertiary/aromatic N) is 4. The molecular weight excluding hydrogens is 608 g/mol. The highest BCUT2D eigenvalue weighted by Gasteiger charge is 2.23. The summed E-state index contributed by atoms with van der Waals surface area (Å²) >= 11 is 0. The Bertz CT molecular complexity index is 1980. The summed E-state index contributed by atoms with van der Waals surface area (Å²) in [5.41, 5.74) is 5.52. The zero-order chi connectivity index (χ0) is 32.4. The molecule has 238 valence electrons. The molecule has 0 atom stereocenters. The number of fused-ring (bicyclic) bond motifs is 1. The SMILES string of the molecule is COc1ncc(-c2ccc3nccc(-c4ccc(CN5CCN(C(C)C)CC5)cc4)c3c2)cc1NS(=O)(=O)c1ccc(F)cc1F. The van der Waals surface area contributed by atoms with Gasteiger partial charge in [-0.15, -0.1) is 0 Å². The van der Waals surface area contributed by atoms with Gasteiger partial charge in [-0.3, -0.25) is 19.5 Å². The number of nitrogens with one attached hydrogen (secondary N) is 1. The summed E-state index contributed by atoms with van der Waals surface area (Å²) in [7, 11) is -3.06. The van der Waals surface area contributed by atoms with Crippen LogP contribution in [0.3, 0.4) is 0 Å². The van der Waals surface area contributed by atoms with Crippen LogP contribution < -0.4 is 9.46 Å². The lowest BCUT2D eigenvalue weighted by Crippen LogP contribution is -2.48. The minimum Gasteiger partial charge on any atom is -0.480 e. The highest BCUT2D eigenvalue weighted by Crippen LogP contribution is 2.34. The van der Waals surface area contributed by atoms with E-state index in [2.05, 4.69) is 62.6 Å². The van der Waals surface area contributed by atoms with Crippen LogP contribution in [-0.2, 0) is 16.6 Å². The molecule has 0 amide bonds. The summed E-state index contributed by atoms with van der Waals surface area (Å²) < 4.78 is 61.4. The van der Waals surface area contributed by atoms with Crippen LogP contribution in [-0.4, -0.2) is 67.5 Å². The van der Waals surface area contributed by atoms with Crippen molar-refractivity contribution in [3.05, 3.63) is 102 Å². The number of halogens is 2. The number of ether oxygens (including phenoxy) is 1. The van der Waals surface area contributed by atoms with Gasteiger partial charge in [0.05, 0.1) is 12.6 Å². The lowest BCUT2D eigenvalue weighted by atomic mass is 9.97. The van der Waals surface area contributed by atoms with Crippen molar-refractivity contribution in [2.75, 3.05) is 38.0 Å². The van der Waals surface area contributed by atoms with Gasteiger partial charge in [0.1, 0.15) is 22.2 Å². The quantitative estimate of drug-likeness (QED) is 0.194. The number of benzene rings is 3. The molecule has 0 saturated carbocycles. The molecule has 2 aromatic heterocycles. The van der Waals surface area contributed by atoms with Crippen LogP contribution in [0.2, 0.25) is 0 Å². The maximum Gasteiger partial charge on any atom is 0.264 e. The number of piperazine rings is 1. The number of pyridine rings is 2. The second-order valence-electron chi connectivity index (χ2n) is 11.7. The Kier molecular flexibility index (Phi) is 8.99. The Labute approximate surface area is 267 Å². The molecule has 5 aromatic rings. The molecule has 1 fully saturated rings. The summed E-state index contributed by atoms with van der Waals surface area (Å²) in [5, 5.41) is 0.920. The summed E-state index contributed by atoms with van der Waals surface area (Å²) in [6.45, 7) is 9.70. The molecule has 0 bridgehead atoms. The molecule has 46 heavy (non-hydrogen) atoms. The van der Waals surface area contributed by atoms with E-state index in [1.165, 1.54) is 12.7 Å². The van der Waals surface area contributed by atoms with Crippen molar-refractivity contribution in [3.8, 4) is 28.1 Å². The van der Waals surface area contributed by atoms with E-state index in [9.17, 15) is 17.2 Å². The first-order valence-electron chi connectivity index (χ1n) is 15.1. The summed E-state index contributed by atoms with van der Waals surface area (Å²) in [6, 6.07) is 20.8. The Morgan fingerprint density at radius 3 is 2.30 bits per heavy atom. The van der Waals surface area contributed by atoms with E-state index in [0.717, 1.165) is 72.4 Å². The van der Waals surface area contributed by atoms with Gasteiger partial charge < -0.3 is 4.74 Å². The fraction of sp³-hybridized carbons (Fsp3) is 0.257. The molecular formula is C35H35F2N5O3S. The van der Waals surface area contributed by atoms with Gasteiger partial charge in [0.2, 0.25) is 5.88 Å². The summed E-state index contributed by atoms with van der Waals surface area (Å²) in [6.07, 6.45) is 3.36. The van der Waals surface area contributed by atoms with Crippen LogP contribution in [0.5, 0.6) is 5.88 Å². The second-order valence-corrected chi connectivity index (χ2v) is 13.3. The number of aromatic nitrogens is 2. The van der Waals surface area contributed by atoms with Gasteiger partial charge in [-0.25, -0.2) is 22.2 Å². The maximum atomic E-state index is 14.4. The van der Waals surface area contributed by atoms with Gasteiger partial charge in [0.15, 0.2) is 0 Å². The van der Waals surface area contributed by atoms with Gasteiger partial charge in [-0.2, -0.15) is 0 Å². The number of methoxy groups -OCH3 is 1. The molecule has 3 aromatic carbocycles. The molecule has 0 unspecified atom stereocenters. The van der Waals surface area contributed by atoms with Crippen molar-refractivity contribution >= 4 is 26.6 Å². The number of hydrogen-bond acceptors (Lipinski definition) is 7. The largest absolute Gasteiger partial charge is 0.480 e. The number of hydrogen-bond donors (Lipinski definition) is 1. The van der Waals surface area contributed by atoms with Crippen molar-refractivity contribution in [1.29, 1.82) is 0 Å². The first kappa shape index (κ1) is 31.5. The minimum absolute atomic E-state index is 0.000110. The molecule has 0 spiro atoms. The predicted molar refractivity (Wildman–Crippen MR) is 176 cm³/mol. The molecule has 8 nitrogen and oxygen atoms in total. The molecule has 11 heteroatoms. The van der Waals surface area contributed by atoms with Gasteiger partial charge in [0.25, 0.3) is 10.0 Å². The van der Waals surface area contributed by atoms with Crippen molar-refractivity contribution in [2.24, 2.45) is 0 Å². The van der Waals surface area contributed by atoms with E-state index >= 15 is 0 Å². The standard InChI is InChI=1S/C35H35F2N5O3S/c1-23(2)42-16-14-41(15-17-42)22-24-4-6-25(7-5-24)29-12-13-38-32-10-8-26(18-30(29)32)27-19-33(35(45-3)39-21-27)40-46(43,44)34-11-9-28(36)20-31(34)37/h4-13,18-21,23,40H,14-17,22H2,1-3H3. The maximum absolute atomic E-state index is 14.4. The van der Waals surface area contributed by atoms with Crippen molar-refractivity contribution in [2.45, 2.75) is 31.3 Å². The third-order valence-electron chi connectivity index (χ3n) is 8.36. The van der Waals surface area contributed by atoms with Crippen LogP contribution in [0.1, 0.15) is 19.4 Å². The Morgan fingerprint density at radius 2 is 1.61 bits per heavy atom. The predicted octanol–water partition coefficient (Wildman–Crippen LogP) is 6.58. The molecule has 0 aliphatic carbocycles. The highest BCUT2D eigenvalue weighted by atomic mass is 32.2. The van der Waals surface area contributed by atoms with Crippen LogP contribution in [0.15, 0.2) is 90.1 Å². The Hall–Kier alpha value is -4.45. The first-order valence-corrected chi connectivity index (χ1v) is 16.6. The smallest absolute Gasteiger partial charge is 0.264 e. The molecule has 3 heterocycles. The van der Waals surface area contributed by atoms with Crippen molar-refractivity contribution in [1.82, 2.24) is 19.8 Å². The molecule has 1 saturated heterocycles. The third-order valence-corrected chi connectivity index (χ3v) is 9.75. The van der Waals surface area contributed by atoms with Gasteiger partial charge in [0, 0.05) is 68.2 Å². The van der Waals surface area contributed by atoms with Crippen molar-refractivity contribution < 1.29 is 21.9 Å². The summed E-state index contributed by atoms with van der Waals surface area (Å²) in [4.78, 5) is 13.2. The Balaban J connectivity index is 1.27. The van der Waals surface area contributed by atoms with Crippen LogP contribution >= 0.6 is 0 Å². The van der Waals surface area contributed by atoms with Gasteiger partial charge in [-0.05, 0) is 72.5 Å². The van der Waals surface area contributed by atoms with E-state index in [-0.39, 0.29) is 11.6 Å². The van der Waals surface area contributed by atoms with Gasteiger partial charge in [-0.1, -0.05) is 30.3 Å². The van der Waals surface area contributed by atoms with E-state index in [0.29, 0.717) is 17.7 Å². The topological polar surface area (TPSA) is 87.7 Å². The second kappa shape index (κ2) is 13.1. The third kappa shape index (κ3) is 6.72. The zero-order valence-corrected chi connectivity index (χ0v) is 26.7. The summed E-state index contributed by atoms with van der Waals surface area (Å²) in [5.74, 6) is -2.09. The number of sulfonamides is 1. The van der Waals surface area contributed by atoms with Gasteiger partial charge >= 0.3 is 0 Å². The van der Waals surface area contributed by atoms with E-state index in [1.54, 1.807) is 18.5 Å². The van der Waals surface area contributed by atoms with E-state index in [1.807, 2.05) is 24.3 Å². The van der Waals surface area contributed by atoms with Crippen LogP contribution in [0, 0.1) is 11.6 Å². The average molecular weight is 644 g/mol. The Morgan fingerprint density at radius 1 is 0.870 bits per heavy atom. The lowest BCUT2D eigenvalue weighted by Gasteiger charge is -2.36. The fourth-order valence-corrected chi connectivity index (χ4v) is 6.91. The minimum atomic E-state index is -4.42. The molecule has 1 aliphatic rings. The average Bonchev–Trinajstić information content (AvgIpc) is 3.04. The monoisotopic (exact) mass is 643 g/mol. The van der Waals surface area contributed by atoms with Crippen molar-refractivity contribution in [3.63, 3.8) is 0 Å². The molecule has 6 rings (SSSR count). The van der Waals surface area contributed by atoms with E-state index in [4.69, 9.17) is 4.74 Å². The molecule has 0 radical (unpaired) electrons. The normalized spacial score (nSPS) is 14.6. The molecule has 1 aliphatic heterocycles. The number of rotatable bonds is 9. The van der Waals surface area contributed by atoms with E-state index < -0.39 is 26.6 Å². The zero-order valence-electron chi connectivity index (χ0n) is 25.9.